The zero-order valence-corrected chi connectivity index (χ0v) is 8.12. The fourth-order valence-corrected chi connectivity index (χ4v) is 2.99. The van der Waals surface area contributed by atoms with Gasteiger partial charge in [0.05, 0.1) is 6.10 Å². The Morgan fingerprint density at radius 1 is 1.54 bits per heavy atom. The summed E-state index contributed by atoms with van der Waals surface area (Å²) >= 11 is 0. The van der Waals surface area contributed by atoms with Crippen LogP contribution in [0.3, 0.4) is 0 Å². The Labute approximate surface area is 78.1 Å². The third kappa shape index (κ3) is 1.26. The van der Waals surface area contributed by atoms with Crippen LogP contribution in [0.1, 0.15) is 33.1 Å². The van der Waals surface area contributed by atoms with Crippen molar-refractivity contribution >= 4 is 5.97 Å². The van der Waals surface area contributed by atoms with E-state index in [1.54, 1.807) is 0 Å². The average Bonchev–Trinajstić information content (AvgIpc) is 2.27. The van der Waals surface area contributed by atoms with E-state index in [1.165, 1.54) is 6.92 Å². The molecule has 3 heteroatoms. The summed E-state index contributed by atoms with van der Waals surface area (Å²) in [5, 5.41) is 9.55. The van der Waals surface area contributed by atoms with E-state index < -0.39 is 0 Å². The Morgan fingerprint density at radius 3 is 2.77 bits per heavy atom. The molecule has 2 rings (SSSR count). The predicted molar refractivity (Wildman–Crippen MR) is 47.0 cm³/mol. The average molecular weight is 184 g/mol. The van der Waals surface area contributed by atoms with Gasteiger partial charge >= 0.3 is 5.97 Å². The summed E-state index contributed by atoms with van der Waals surface area (Å²) in [4.78, 5) is 10.8. The van der Waals surface area contributed by atoms with Crippen molar-refractivity contribution in [3.05, 3.63) is 0 Å². The molecule has 0 amide bonds. The van der Waals surface area contributed by atoms with Crippen LogP contribution in [-0.4, -0.2) is 22.8 Å². The number of carbonyl (C=O) groups excluding carboxylic acids is 1. The highest BCUT2D eigenvalue weighted by Crippen LogP contribution is 2.55. The standard InChI is InChI=1S/C10H16O3/c1-6(11)13-10(2)5-7-8(10)3-4-9(7)12/h7-9,12H,3-5H2,1-2H3/t7-,8-,9+,10?/m1/s1. The largest absolute Gasteiger partial charge is 0.459 e. The van der Waals surface area contributed by atoms with Crippen molar-refractivity contribution in [2.75, 3.05) is 0 Å². The van der Waals surface area contributed by atoms with Crippen molar-refractivity contribution in [3.63, 3.8) is 0 Å². The van der Waals surface area contributed by atoms with Crippen molar-refractivity contribution in [1.82, 2.24) is 0 Å². The molecule has 2 fully saturated rings. The lowest BCUT2D eigenvalue weighted by atomic mass is 9.63. The molecule has 3 nitrogen and oxygen atoms in total. The number of ether oxygens (including phenoxy) is 1. The number of rotatable bonds is 1. The third-order valence-corrected chi connectivity index (χ3v) is 3.59. The molecule has 0 bridgehead atoms. The zero-order chi connectivity index (χ0) is 9.64. The fourth-order valence-electron chi connectivity index (χ4n) is 2.99. The topological polar surface area (TPSA) is 46.5 Å². The highest BCUT2D eigenvalue weighted by molar-refractivity contribution is 5.66. The van der Waals surface area contributed by atoms with Crippen molar-refractivity contribution in [1.29, 1.82) is 0 Å². The molecule has 2 aliphatic rings. The lowest BCUT2D eigenvalue weighted by Gasteiger charge is -2.49. The summed E-state index contributed by atoms with van der Waals surface area (Å²) in [5.41, 5.74) is -0.284. The van der Waals surface area contributed by atoms with E-state index in [0.29, 0.717) is 11.8 Å². The molecule has 0 saturated heterocycles. The molecule has 0 aromatic carbocycles. The molecule has 0 aromatic heterocycles. The van der Waals surface area contributed by atoms with Crippen molar-refractivity contribution in [2.24, 2.45) is 11.8 Å². The Bertz CT molecular complexity index is 238. The second-order valence-corrected chi connectivity index (χ2v) is 4.53. The minimum atomic E-state index is -0.284. The van der Waals surface area contributed by atoms with E-state index in [4.69, 9.17) is 4.74 Å². The number of hydrogen-bond acceptors (Lipinski definition) is 3. The first-order valence-electron chi connectivity index (χ1n) is 4.90. The summed E-state index contributed by atoms with van der Waals surface area (Å²) in [5.74, 6) is 0.568. The minimum Gasteiger partial charge on any atom is -0.459 e. The fraction of sp³-hybridized carbons (Fsp3) is 0.900. The van der Waals surface area contributed by atoms with Crippen molar-refractivity contribution in [3.8, 4) is 0 Å². The van der Waals surface area contributed by atoms with Gasteiger partial charge in [-0.15, -0.1) is 0 Å². The van der Waals surface area contributed by atoms with Gasteiger partial charge < -0.3 is 9.84 Å². The van der Waals surface area contributed by atoms with Gasteiger partial charge in [0.25, 0.3) is 0 Å². The first kappa shape index (κ1) is 9.00. The molecule has 0 aromatic rings. The van der Waals surface area contributed by atoms with Crippen molar-refractivity contribution in [2.45, 2.75) is 44.8 Å². The van der Waals surface area contributed by atoms with E-state index >= 15 is 0 Å². The smallest absolute Gasteiger partial charge is 0.303 e. The van der Waals surface area contributed by atoms with E-state index in [9.17, 15) is 9.90 Å². The van der Waals surface area contributed by atoms with Gasteiger partial charge in [0.1, 0.15) is 5.60 Å². The molecular formula is C10H16O3. The molecule has 0 aliphatic heterocycles. The highest BCUT2D eigenvalue weighted by atomic mass is 16.6. The third-order valence-electron chi connectivity index (χ3n) is 3.59. The van der Waals surface area contributed by atoms with Crippen LogP contribution >= 0.6 is 0 Å². The molecule has 2 saturated carbocycles. The summed E-state index contributed by atoms with van der Waals surface area (Å²) in [6, 6.07) is 0. The van der Waals surface area contributed by atoms with Crippen LogP contribution in [-0.2, 0) is 9.53 Å². The molecule has 0 radical (unpaired) electrons. The number of aliphatic hydroxyl groups excluding tert-OH is 1. The summed E-state index contributed by atoms with van der Waals surface area (Å²) in [6.45, 7) is 3.43. The van der Waals surface area contributed by atoms with Crippen LogP contribution in [0.25, 0.3) is 0 Å². The number of fused-ring (bicyclic) bond motifs is 1. The quantitative estimate of drug-likeness (QED) is 0.621. The van der Waals surface area contributed by atoms with Crippen LogP contribution in [0.15, 0.2) is 0 Å². The molecule has 2 aliphatic carbocycles. The van der Waals surface area contributed by atoms with E-state index in [0.717, 1.165) is 19.3 Å². The van der Waals surface area contributed by atoms with Crippen molar-refractivity contribution < 1.29 is 14.6 Å². The molecule has 74 valence electrons. The van der Waals surface area contributed by atoms with Gasteiger partial charge in [-0.1, -0.05) is 0 Å². The number of aliphatic hydroxyl groups is 1. The Morgan fingerprint density at radius 2 is 2.23 bits per heavy atom. The van der Waals surface area contributed by atoms with Gasteiger partial charge in [-0.05, 0) is 32.1 Å². The normalized spacial score (nSPS) is 48.1. The summed E-state index contributed by atoms with van der Waals surface area (Å²) in [6.07, 6.45) is 2.54. The van der Waals surface area contributed by atoms with Crippen LogP contribution < -0.4 is 0 Å². The van der Waals surface area contributed by atoms with E-state index in [-0.39, 0.29) is 17.7 Å². The molecular weight excluding hydrogens is 168 g/mol. The first-order valence-corrected chi connectivity index (χ1v) is 4.90. The second-order valence-electron chi connectivity index (χ2n) is 4.53. The maximum absolute atomic E-state index is 10.8. The lowest BCUT2D eigenvalue weighted by molar-refractivity contribution is -0.189. The van der Waals surface area contributed by atoms with Gasteiger partial charge in [-0.25, -0.2) is 0 Å². The zero-order valence-electron chi connectivity index (χ0n) is 8.12. The van der Waals surface area contributed by atoms with Gasteiger partial charge in [0.2, 0.25) is 0 Å². The summed E-state index contributed by atoms with van der Waals surface area (Å²) < 4.78 is 5.29. The molecule has 1 N–H and O–H groups in total. The first-order chi connectivity index (χ1) is 6.03. The van der Waals surface area contributed by atoms with E-state index in [1.807, 2.05) is 6.92 Å². The minimum absolute atomic E-state index is 0.159. The molecule has 0 heterocycles. The second kappa shape index (κ2) is 2.71. The molecule has 0 spiro atoms. The Hall–Kier alpha value is -0.570. The molecule has 13 heavy (non-hydrogen) atoms. The van der Waals surface area contributed by atoms with Crippen LogP contribution in [0.4, 0.5) is 0 Å². The number of hydrogen-bond donors (Lipinski definition) is 1. The predicted octanol–water partition coefficient (Wildman–Crippen LogP) is 1.10. The van der Waals surface area contributed by atoms with Crippen LogP contribution in [0.5, 0.6) is 0 Å². The number of esters is 1. The Kier molecular flexibility index (Phi) is 1.88. The van der Waals surface area contributed by atoms with Crippen LogP contribution in [0.2, 0.25) is 0 Å². The summed E-state index contributed by atoms with van der Waals surface area (Å²) in [7, 11) is 0. The molecule has 1 unspecified atom stereocenters. The Balaban J connectivity index is 2.02. The maximum Gasteiger partial charge on any atom is 0.303 e. The van der Waals surface area contributed by atoms with Crippen LogP contribution in [0, 0.1) is 11.8 Å². The monoisotopic (exact) mass is 184 g/mol. The molecule has 4 atom stereocenters. The van der Waals surface area contributed by atoms with Gasteiger partial charge in [0.15, 0.2) is 0 Å². The maximum atomic E-state index is 10.8. The van der Waals surface area contributed by atoms with Gasteiger partial charge in [0, 0.05) is 12.8 Å². The highest BCUT2D eigenvalue weighted by Gasteiger charge is 2.58. The SMILES string of the molecule is CC(=O)OC1(C)C[C@@H]2[C@H]1CC[C@@H]2O. The lowest BCUT2D eigenvalue weighted by Crippen LogP contribution is -2.54. The van der Waals surface area contributed by atoms with Gasteiger partial charge in [-0.3, -0.25) is 4.79 Å². The van der Waals surface area contributed by atoms with E-state index in [2.05, 4.69) is 0 Å². The van der Waals surface area contributed by atoms with Gasteiger partial charge in [-0.2, -0.15) is 0 Å². The number of carbonyl (C=O) groups is 1.